The lowest BCUT2D eigenvalue weighted by atomic mass is 10.1. The van der Waals surface area contributed by atoms with Crippen LogP contribution >= 0.6 is 0 Å². The normalized spacial score (nSPS) is 11.1. The zero-order valence-corrected chi connectivity index (χ0v) is 14.4. The van der Waals surface area contributed by atoms with Crippen LogP contribution in [0.15, 0.2) is 36.7 Å². The molecule has 4 heteroatoms. The maximum absolute atomic E-state index is 6.14. The Bertz CT molecular complexity index is 748. The molecule has 3 aromatic rings. The Morgan fingerprint density at radius 1 is 0.750 bits per heavy atom. The van der Waals surface area contributed by atoms with E-state index in [0.29, 0.717) is 13.2 Å². The first-order chi connectivity index (χ1) is 11.9. The second-order valence-corrected chi connectivity index (χ2v) is 5.86. The average Bonchev–Trinajstić information content (AvgIpc) is 2.63. The Morgan fingerprint density at radius 3 is 1.62 bits per heavy atom. The maximum Gasteiger partial charge on any atom is 0.171 e. The molecule has 0 radical (unpaired) electrons. The first kappa shape index (κ1) is 16.5. The van der Waals surface area contributed by atoms with Crippen molar-refractivity contribution in [3.8, 4) is 11.5 Å². The molecule has 0 spiro atoms. The molecule has 0 saturated carbocycles. The summed E-state index contributed by atoms with van der Waals surface area (Å²) in [6.45, 7) is 5.67. The fourth-order valence-electron chi connectivity index (χ4n) is 2.72. The SMILES string of the molecule is CCCCOc1c(OCCCC)c2cccnc2c2ncccc12. The van der Waals surface area contributed by atoms with Crippen molar-refractivity contribution in [1.82, 2.24) is 9.97 Å². The summed E-state index contributed by atoms with van der Waals surface area (Å²) in [6.07, 6.45) is 7.81. The minimum absolute atomic E-state index is 0.677. The molecule has 0 bridgehead atoms. The molecule has 126 valence electrons. The summed E-state index contributed by atoms with van der Waals surface area (Å²) in [5.41, 5.74) is 1.73. The zero-order valence-electron chi connectivity index (χ0n) is 14.4. The van der Waals surface area contributed by atoms with Crippen LogP contribution in [-0.2, 0) is 0 Å². The van der Waals surface area contributed by atoms with E-state index in [0.717, 1.165) is 59.0 Å². The molecule has 0 aliphatic heterocycles. The van der Waals surface area contributed by atoms with Crippen molar-refractivity contribution in [2.75, 3.05) is 13.2 Å². The first-order valence-electron chi connectivity index (χ1n) is 8.77. The molecule has 0 N–H and O–H groups in total. The van der Waals surface area contributed by atoms with Crippen molar-refractivity contribution in [3.63, 3.8) is 0 Å². The smallest absolute Gasteiger partial charge is 0.171 e. The Hall–Kier alpha value is -2.36. The van der Waals surface area contributed by atoms with E-state index in [4.69, 9.17) is 9.47 Å². The van der Waals surface area contributed by atoms with E-state index in [-0.39, 0.29) is 0 Å². The summed E-state index contributed by atoms with van der Waals surface area (Å²) in [7, 11) is 0. The van der Waals surface area contributed by atoms with Crippen LogP contribution in [0.3, 0.4) is 0 Å². The van der Waals surface area contributed by atoms with Gasteiger partial charge in [-0.1, -0.05) is 26.7 Å². The highest BCUT2D eigenvalue weighted by molar-refractivity contribution is 6.09. The molecule has 0 saturated heterocycles. The molecule has 0 aliphatic carbocycles. The van der Waals surface area contributed by atoms with Crippen LogP contribution in [0.2, 0.25) is 0 Å². The maximum atomic E-state index is 6.14. The van der Waals surface area contributed by atoms with Crippen LogP contribution in [0, 0.1) is 0 Å². The van der Waals surface area contributed by atoms with Crippen molar-refractivity contribution in [1.29, 1.82) is 0 Å². The van der Waals surface area contributed by atoms with Gasteiger partial charge in [0.1, 0.15) is 11.0 Å². The van der Waals surface area contributed by atoms with Crippen molar-refractivity contribution in [2.45, 2.75) is 39.5 Å². The number of fused-ring (bicyclic) bond motifs is 3. The van der Waals surface area contributed by atoms with Gasteiger partial charge in [0, 0.05) is 23.2 Å². The molecule has 3 rings (SSSR count). The molecule has 4 nitrogen and oxygen atoms in total. The summed E-state index contributed by atoms with van der Waals surface area (Å²) < 4.78 is 12.3. The number of pyridine rings is 2. The Morgan fingerprint density at radius 2 is 1.21 bits per heavy atom. The van der Waals surface area contributed by atoms with Gasteiger partial charge in [0.25, 0.3) is 0 Å². The van der Waals surface area contributed by atoms with Crippen molar-refractivity contribution in [2.24, 2.45) is 0 Å². The molecule has 1 aromatic carbocycles. The molecule has 0 aliphatic rings. The summed E-state index contributed by atoms with van der Waals surface area (Å²) in [6, 6.07) is 7.92. The second kappa shape index (κ2) is 7.95. The monoisotopic (exact) mass is 324 g/mol. The third kappa shape index (κ3) is 3.28. The molecule has 0 fully saturated rings. The average molecular weight is 324 g/mol. The van der Waals surface area contributed by atoms with Crippen LogP contribution < -0.4 is 9.47 Å². The van der Waals surface area contributed by atoms with E-state index in [1.165, 1.54) is 0 Å². The Labute approximate surface area is 142 Å². The lowest BCUT2D eigenvalue weighted by Gasteiger charge is -2.17. The lowest BCUT2D eigenvalue weighted by molar-refractivity contribution is 0.267. The van der Waals surface area contributed by atoms with Gasteiger partial charge in [-0.2, -0.15) is 0 Å². The van der Waals surface area contributed by atoms with Gasteiger partial charge >= 0.3 is 0 Å². The minimum atomic E-state index is 0.677. The van der Waals surface area contributed by atoms with E-state index in [2.05, 4.69) is 23.8 Å². The number of ether oxygens (including phenoxy) is 2. The van der Waals surface area contributed by atoms with E-state index in [1.54, 1.807) is 12.4 Å². The van der Waals surface area contributed by atoms with E-state index < -0.39 is 0 Å². The number of benzene rings is 1. The van der Waals surface area contributed by atoms with Gasteiger partial charge in [0.2, 0.25) is 0 Å². The molecule has 2 aromatic heterocycles. The third-order valence-electron chi connectivity index (χ3n) is 4.02. The summed E-state index contributed by atoms with van der Waals surface area (Å²) in [4.78, 5) is 9.08. The van der Waals surface area contributed by atoms with Crippen LogP contribution in [0.5, 0.6) is 11.5 Å². The first-order valence-corrected chi connectivity index (χ1v) is 8.77. The zero-order chi connectivity index (χ0) is 16.8. The van der Waals surface area contributed by atoms with Gasteiger partial charge in [-0.15, -0.1) is 0 Å². The third-order valence-corrected chi connectivity index (χ3v) is 4.02. The van der Waals surface area contributed by atoms with Crippen LogP contribution in [0.4, 0.5) is 0 Å². The molecule has 0 amide bonds. The molecule has 0 unspecified atom stereocenters. The summed E-state index contributed by atoms with van der Waals surface area (Å²) >= 11 is 0. The largest absolute Gasteiger partial charge is 0.489 e. The fourth-order valence-corrected chi connectivity index (χ4v) is 2.72. The molecule has 2 heterocycles. The van der Waals surface area contributed by atoms with Gasteiger partial charge in [0.15, 0.2) is 11.5 Å². The quantitative estimate of drug-likeness (QED) is 0.425. The highest BCUT2D eigenvalue weighted by Gasteiger charge is 2.18. The lowest BCUT2D eigenvalue weighted by Crippen LogP contribution is -2.04. The second-order valence-electron chi connectivity index (χ2n) is 5.86. The van der Waals surface area contributed by atoms with Gasteiger partial charge in [-0.05, 0) is 37.1 Å². The Balaban J connectivity index is 2.18. The number of rotatable bonds is 8. The number of aromatic nitrogens is 2. The van der Waals surface area contributed by atoms with Crippen molar-refractivity contribution < 1.29 is 9.47 Å². The predicted molar refractivity (Wildman–Crippen MR) is 97.9 cm³/mol. The number of hydrogen-bond donors (Lipinski definition) is 0. The number of nitrogens with zero attached hydrogens (tertiary/aromatic N) is 2. The van der Waals surface area contributed by atoms with Gasteiger partial charge < -0.3 is 9.47 Å². The van der Waals surface area contributed by atoms with Crippen molar-refractivity contribution in [3.05, 3.63) is 36.7 Å². The number of unbranched alkanes of at least 4 members (excludes halogenated alkanes) is 2. The summed E-state index contributed by atoms with van der Waals surface area (Å²) in [5.74, 6) is 1.59. The van der Waals surface area contributed by atoms with Gasteiger partial charge in [-0.3, -0.25) is 9.97 Å². The molecule has 0 atom stereocenters. The minimum Gasteiger partial charge on any atom is -0.489 e. The highest BCUT2D eigenvalue weighted by atomic mass is 16.5. The van der Waals surface area contributed by atoms with Gasteiger partial charge in [0.05, 0.1) is 13.2 Å². The van der Waals surface area contributed by atoms with E-state index in [1.807, 2.05) is 24.3 Å². The van der Waals surface area contributed by atoms with Crippen LogP contribution in [0.25, 0.3) is 21.8 Å². The Kier molecular flexibility index (Phi) is 5.47. The van der Waals surface area contributed by atoms with Crippen LogP contribution in [0.1, 0.15) is 39.5 Å². The van der Waals surface area contributed by atoms with Crippen LogP contribution in [-0.4, -0.2) is 23.2 Å². The van der Waals surface area contributed by atoms with E-state index >= 15 is 0 Å². The van der Waals surface area contributed by atoms with Crippen molar-refractivity contribution >= 4 is 21.8 Å². The van der Waals surface area contributed by atoms with E-state index in [9.17, 15) is 0 Å². The molecule has 24 heavy (non-hydrogen) atoms. The highest BCUT2D eigenvalue weighted by Crippen LogP contribution is 2.42. The summed E-state index contributed by atoms with van der Waals surface area (Å²) in [5, 5.41) is 1.93. The molecular formula is C20H24N2O2. The topological polar surface area (TPSA) is 44.2 Å². The predicted octanol–water partition coefficient (Wildman–Crippen LogP) is 5.14. The molecular weight excluding hydrogens is 300 g/mol. The van der Waals surface area contributed by atoms with Gasteiger partial charge in [-0.25, -0.2) is 0 Å². The number of hydrogen-bond acceptors (Lipinski definition) is 4. The standard InChI is InChI=1S/C20H24N2O2/c1-3-5-13-23-19-15-9-7-11-21-17(15)18-16(10-8-12-22-18)20(19)24-14-6-4-2/h7-12H,3-6,13-14H2,1-2H3. The fraction of sp³-hybridized carbons (Fsp3) is 0.400.